The minimum atomic E-state index is -0.439. The van der Waals surface area contributed by atoms with Crippen LogP contribution in [0, 0.1) is 13.8 Å². The standard InChI is InChI=1S/C21H29N3O3/c1-6-24(7-2)17(16-11-9-8-10-12-16)13-22-20(25)19-14(3)18(15(4)23-19)21(26)27-5/h8-12,17,23H,6-7,13H2,1-5H3,(H,22,25). The second-order valence-corrected chi connectivity index (χ2v) is 6.47. The number of amides is 1. The first-order valence-electron chi connectivity index (χ1n) is 9.29. The van der Waals surface area contributed by atoms with Gasteiger partial charge in [0.15, 0.2) is 0 Å². The van der Waals surface area contributed by atoms with E-state index in [2.05, 4.69) is 41.2 Å². The number of hydrogen-bond donors (Lipinski definition) is 2. The molecule has 0 bridgehead atoms. The van der Waals surface area contributed by atoms with Gasteiger partial charge in [0.2, 0.25) is 0 Å². The maximum Gasteiger partial charge on any atom is 0.339 e. The van der Waals surface area contributed by atoms with Crippen molar-refractivity contribution >= 4 is 11.9 Å². The highest BCUT2D eigenvalue weighted by Gasteiger charge is 2.24. The average molecular weight is 371 g/mol. The van der Waals surface area contributed by atoms with Crippen molar-refractivity contribution in [1.29, 1.82) is 0 Å². The normalized spacial score (nSPS) is 12.1. The van der Waals surface area contributed by atoms with Crippen LogP contribution in [0.15, 0.2) is 30.3 Å². The molecule has 2 rings (SSSR count). The van der Waals surface area contributed by atoms with Gasteiger partial charge in [-0.05, 0) is 38.1 Å². The zero-order valence-electron chi connectivity index (χ0n) is 16.8. The number of esters is 1. The second kappa shape index (κ2) is 9.37. The summed E-state index contributed by atoms with van der Waals surface area (Å²) < 4.78 is 4.81. The van der Waals surface area contributed by atoms with Crippen LogP contribution in [0.3, 0.4) is 0 Å². The highest BCUT2D eigenvalue weighted by molar-refractivity contribution is 6.00. The molecule has 0 aliphatic carbocycles. The number of nitrogens with zero attached hydrogens (tertiary/aromatic N) is 1. The molecule has 0 fully saturated rings. The molecule has 1 heterocycles. The lowest BCUT2D eigenvalue weighted by Crippen LogP contribution is -2.38. The largest absolute Gasteiger partial charge is 0.465 e. The molecule has 2 aromatic rings. The molecule has 1 atom stereocenters. The lowest BCUT2D eigenvalue weighted by molar-refractivity contribution is 0.0599. The molecule has 0 radical (unpaired) electrons. The molecule has 6 heteroatoms. The van der Waals surface area contributed by atoms with Gasteiger partial charge >= 0.3 is 5.97 Å². The Morgan fingerprint density at radius 2 is 1.78 bits per heavy atom. The van der Waals surface area contributed by atoms with E-state index in [0.29, 0.717) is 29.1 Å². The predicted octanol–water partition coefficient (Wildman–Crippen LogP) is 3.23. The summed E-state index contributed by atoms with van der Waals surface area (Å²) in [5.41, 5.74) is 3.23. The molecule has 2 N–H and O–H groups in total. The van der Waals surface area contributed by atoms with E-state index in [-0.39, 0.29) is 11.9 Å². The Morgan fingerprint density at radius 3 is 2.33 bits per heavy atom. The first-order chi connectivity index (χ1) is 12.9. The number of nitrogens with one attached hydrogen (secondary N) is 2. The molecule has 0 aliphatic rings. The smallest absolute Gasteiger partial charge is 0.339 e. The number of likely N-dealkylation sites (N-methyl/N-ethyl adjacent to an activating group) is 1. The predicted molar refractivity (Wildman–Crippen MR) is 106 cm³/mol. The molecule has 1 amide bonds. The SMILES string of the molecule is CCN(CC)C(CNC(=O)c1[nH]c(C)c(C(=O)OC)c1C)c1ccccc1. The Hall–Kier alpha value is -2.60. The molecule has 146 valence electrons. The number of hydrogen-bond acceptors (Lipinski definition) is 4. The van der Waals surface area contributed by atoms with Crippen molar-refractivity contribution in [2.45, 2.75) is 33.7 Å². The number of aromatic amines is 1. The number of methoxy groups -OCH3 is 1. The summed E-state index contributed by atoms with van der Waals surface area (Å²) in [6.07, 6.45) is 0. The Morgan fingerprint density at radius 1 is 1.15 bits per heavy atom. The number of aromatic nitrogens is 1. The Balaban J connectivity index is 2.20. The van der Waals surface area contributed by atoms with E-state index in [9.17, 15) is 9.59 Å². The topological polar surface area (TPSA) is 74.4 Å². The minimum absolute atomic E-state index is 0.0848. The molecule has 0 aliphatic heterocycles. The number of carbonyl (C=O) groups excluding carboxylic acids is 2. The van der Waals surface area contributed by atoms with E-state index in [1.807, 2.05) is 18.2 Å². The monoisotopic (exact) mass is 371 g/mol. The van der Waals surface area contributed by atoms with Crippen LogP contribution in [-0.4, -0.2) is 48.5 Å². The van der Waals surface area contributed by atoms with Gasteiger partial charge in [0.25, 0.3) is 5.91 Å². The van der Waals surface area contributed by atoms with Crippen LogP contribution in [0.4, 0.5) is 0 Å². The zero-order chi connectivity index (χ0) is 20.0. The highest BCUT2D eigenvalue weighted by atomic mass is 16.5. The van der Waals surface area contributed by atoms with E-state index in [1.165, 1.54) is 7.11 Å². The van der Waals surface area contributed by atoms with E-state index >= 15 is 0 Å². The number of aryl methyl sites for hydroxylation is 1. The summed E-state index contributed by atoms with van der Waals surface area (Å²) in [4.78, 5) is 30.0. The van der Waals surface area contributed by atoms with E-state index in [4.69, 9.17) is 4.74 Å². The maximum absolute atomic E-state index is 12.8. The van der Waals surface area contributed by atoms with Gasteiger partial charge in [-0.15, -0.1) is 0 Å². The zero-order valence-corrected chi connectivity index (χ0v) is 16.8. The van der Waals surface area contributed by atoms with Crippen LogP contribution < -0.4 is 5.32 Å². The van der Waals surface area contributed by atoms with Crippen molar-refractivity contribution in [2.24, 2.45) is 0 Å². The molecule has 1 aromatic heterocycles. The molecule has 27 heavy (non-hydrogen) atoms. The molecule has 1 aromatic carbocycles. The average Bonchev–Trinajstić information content (AvgIpc) is 2.99. The second-order valence-electron chi connectivity index (χ2n) is 6.47. The van der Waals surface area contributed by atoms with Crippen LogP contribution in [0.1, 0.15) is 57.6 Å². The van der Waals surface area contributed by atoms with Crippen molar-refractivity contribution in [3.8, 4) is 0 Å². The fourth-order valence-electron chi connectivity index (χ4n) is 3.46. The lowest BCUT2D eigenvalue weighted by Gasteiger charge is -2.30. The van der Waals surface area contributed by atoms with Gasteiger partial charge in [-0.3, -0.25) is 9.69 Å². The molecule has 6 nitrogen and oxygen atoms in total. The summed E-state index contributed by atoms with van der Waals surface area (Å²) >= 11 is 0. The molecule has 0 saturated carbocycles. The number of ether oxygens (including phenoxy) is 1. The molecule has 0 spiro atoms. The third-order valence-electron chi connectivity index (χ3n) is 4.95. The third kappa shape index (κ3) is 4.57. The third-order valence-corrected chi connectivity index (χ3v) is 4.95. The maximum atomic E-state index is 12.8. The van der Waals surface area contributed by atoms with Gasteiger partial charge in [-0.1, -0.05) is 44.2 Å². The van der Waals surface area contributed by atoms with Crippen LogP contribution in [0.5, 0.6) is 0 Å². The summed E-state index contributed by atoms with van der Waals surface area (Å²) in [5, 5.41) is 3.02. The quantitative estimate of drug-likeness (QED) is 0.699. The Bertz CT molecular complexity index is 779. The molecular weight excluding hydrogens is 342 g/mol. The minimum Gasteiger partial charge on any atom is -0.465 e. The number of H-pyrrole nitrogens is 1. The Labute approximate surface area is 160 Å². The van der Waals surface area contributed by atoms with Gasteiger partial charge in [0.1, 0.15) is 5.69 Å². The van der Waals surface area contributed by atoms with Crippen LogP contribution in [0.25, 0.3) is 0 Å². The van der Waals surface area contributed by atoms with Crippen molar-refractivity contribution in [3.63, 3.8) is 0 Å². The lowest BCUT2D eigenvalue weighted by atomic mass is 10.0. The van der Waals surface area contributed by atoms with Gasteiger partial charge in [-0.2, -0.15) is 0 Å². The summed E-state index contributed by atoms with van der Waals surface area (Å²) in [5.74, 6) is -0.663. The van der Waals surface area contributed by atoms with Gasteiger partial charge in [-0.25, -0.2) is 4.79 Å². The van der Waals surface area contributed by atoms with Crippen molar-refractivity contribution in [3.05, 3.63) is 58.4 Å². The van der Waals surface area contributed by atoms with E-state index in [1.54, 1.807) is 13.8 Å². The van der Waals surface area contributed by atoms with E-state index in [0.717, 1.165) is 18.7 Å². The fourth-order valence-corrected chi connectivity index (χ4v) is 3.46. The van der Waals surface area contributed by atoms with Crippen molar-refractivity contribution in [1.82, 2.24) is 15.2 Å². The molecule has 0 saturated heterocycles. The van der Waals surface area contributed by atoms with E-state index < -0.39 is 5.97 Å². The van der Waals surface area contributed by atoms with Crippen molar-refractivity contribution < 1.29 is 14.3 Å². The first-order valence-corrected chi connectivity index (χ1v) is 9.29. The number of rotatable bonds is 8. The van der Waals surface area contributed by atoms with Gasteiger partial charge < -0.3 is 15.0 Å². The first kappa shape index (κ1) is 20.7. The number of carbonyl (C=O) groups is 2. The van der Waals surface area contributed by atoms with Crippen LogP contribution in [0.2, 0.25) is 0 Å². The number of benzene rings is 1. The van der Waals surface area contributed by atoms with Crippen LogP contribution in [-0.2, 0) is 4.74 Å². The molecular formula is C21H29N3O3. The molecule has 1 unspecified atom stereocenters. The van der Waals surface area contributed by atoms with Gasteiger partial charge in [0.05, 0.1) is 18.7 Å². The highest BCUT2D eigenvalue weighted by Crippen LogP contribution is 2.21. The van der Waals surface area contributed by atoms with Crippen LogP contribution >= 0.6 is 0 Å². The summed E-state index contributed by atoms with van der Waals surface area (Å²) in [6, 6.07) is 10.2. The van der Waals surface area contributed by atoms with Gasteiger partial charge in [0, 0.05) is 12.2 Å². The summed E-state index contributed by atoms with van der Waals surface area (Å²) in [6.45, 7) is 10.0. The van der Waals surface area contributed by atoms with Crippen molar-refractivity contribution in [2.75, 3.05) is 26.7 Å². The summed E-state index contributed by atoms with van der Waals surface area (Å²) in [7, 11) is 1.34. The fraction of sp³-hybridized carbons (Fsp3) is 0.429. The Kier molecular flexibility index (Phi) is 7.19.